The number of carbonyl (C=O) groups excluding carboxylic acids is 1. The molecule has 3 fully saturated rings. The smallest absolute Gasteiger partial charge is 0.219 e. The molecule has 0 N–H and O–H groups in total. The van der Waals surface area contributed by atoms with Crippen LogP contribution in [0, 0.1) is 5.92 Å². The lowest BCUT2D eigenvalue weighted by atomic mass is 9.84. The van der Waals surface area contributed by atoms with Crippen LogP contribution >= 0.6 is 0 Å². The van der Waals surface area contributed by atoms with Crippen LogP contribution in [0.15, 0.2) is 24.3 Å². The summed E-state index contributed by atoms with van der Waals surface area (Å²) in [5.74, 6) is 1.07. The molecule has 2 aliphatic heterocycles. The molecule has 2 saturated heterocycles. The molecule has 1 aliphatic carbocycles. The fourth-order valence-corrected chi connectivity index (χ4v) is 4.80. The maximum atomic E-state index is 11.5. The average Bonchev–Trinajstić information content (AvgIpc) is 3.16. The highest BCUT2D eigenvalue weighted by Gasteiger charge is 2.44. The van der Waals surface area contributed by atoms with Crippen molar-refractivity contribution in [3.63, 3.8) is 0 Å². The van der Waals surface area contributed by atoms with Gasteiger partial charge in [-0.15, -0.1) is 0 Å². The molecule has 1 aromatic carbocycles. The van der Waals surface area contributed by atoms with Crippen molar-refractivity contribution < 1.29 is 19.0 Å². The van der Waals surface area contributed by atoms with Gasteiger partial charge in [-0.2, -0.15) is 0 Å². The topological polar surface area (TPSA) is 51.2 Å². The summed E-state index contributed by atoms with van der Waals surface area (Å²) < 4.78 is 18.3. The van der Waals surface area contributed by atoms with E-state index in [1.165, 1.54) is 37.8 Å². The third-order valence-corrected chi connectivity index (χ3v) is 6.67. The minimum atomic E-state index is -0.444. The van der Waals surface area contributed by atoms with Crippen LogP contribution in [-0.4, -0.2) is 62.1 Å². The molecule has 0 radical (unpaired) electrons. The third kappa shape index (κ3) is 4.86. The Bertz CT molecular complexity index is 681. The average molecular weight is 403 g/mol. The lowest BCUT2D eigenvalue weighted by Crippen LogP contribution is -2.48. The Morgan fingerprint density at radius 1 is 1.10 bits per heavy atom. The van der Waals surface area contributed by atoms with Crippen molar-refractivity contribution in [2.45, 2.75) is 57.8 Å². The molecule has 160 valence electrons. The van der Waals surface area contributed by atoms with Crippen molar-refractivity contribution in [1.29, 1.82) is 0 Å². The number of piperazine rings is 1. The number of amides is 1. The third-order valence-electron chi connectivity index (χ3n) is 6.67. The number of rotatable bonds is 5. The number of hydrogen-bond acceptors (Lipinski definition) is 5. The van der Waals surface area contributed by atoms with E-state index >= 15 is 0 Å². The second-order valence-corrected chi connectivity index (χ2v) is 8.70. The Hall–Kier alpha value is -1.79. The summed E-state index contributed by atoms with van der Waals surface area (Å²) in [5.41, 5.74) is 1.17. The molecule has 3 aliphatic rings. The van der Waals surface area contributed by atoms with E-state index in [4.69, 9.17) is 14.2 Å². The number of ether oxygens (including phenoxy) is 3. The Morgan fingerprint density at radius 3 is 2.45 bits per heavy atom. The van der Waals surface area contributed by atoms with Gasteiger partial charge in [-0.05, 0) is 44.0 Å². The van der Waals surface area contributed by atoms with Crippen LogP contribution in [0.2, 0.25) is 0 Å². The van der Waals surface area contributed by atoms with Crippen molar-refractivity contribution >= 4 is 11.6 Å². The molecule has 2 atom stereocenters. The van der Waals surface area contributed by atoms with Crippen molar-refractivity contribution in [3.8, 4) is 5.75 Å². The predicted molar refractivity (Wildman–Crippen MR) is 112 cm³/mol. The Morgan fingerprint density at radius 2 is 1.79 bits per heavy atom. The summed E-state index contributed by atoms with van der Waals surface area (Å²) in [6.45, 7) is 8.16. The van der Waals surface area contributed by atoms with Gasteiger partial charge in [0.25, 0.3) is 0 Å². The van der Waals surface area contributed by atoms with Crippen molar-refractivity contribution in [1.82, 2.24) is 4.90 Å². The van der Waals surface area contributed by atoms with Crippen LogP contribution in [0.5, 0.6) is 5.75 Å². The van der Waals surface area contributed by atoms with Gasteiger partial charge >= 0.3 is 0 Å². The highest BCUT2D eigenvalue weighted by Crippen LogP contribution is 2.39. The molecule has 0 spiro atoms. The number of benzene rings is 1. The van der Waals surface area contributed by atoms with Crippen molar-refractivity contribution in [3.05, 3.63) is 24.3 Å². The van der Waals surface area contributed by atoms with Crippen molar-refractivity contribution in [2.24, 2.45) is 5.92 Å². The van der Waals surface area contributed by atoms with Crippen molar-refractivity contribution in [2.75, 3.05) is 44.3 Å². The molecule has 2 unspecified atom stereocenters. The Balaban J connectivity index is 1.24. The fraction of sp³-hybridized carbons (Fsp3) is 0.696. The molecule has 6 nitrogen and oxygen atoms in total. The van der Waals surface area contributed by atoms with Crippen LogP contribution in [0.3, 0.4) is 0 Å². The summed E-state index contributed by atoms with van der Waals surface area (Å²) in [5, 5.41) is 0. The standard InChI is InChI=1S/C23H34N2O4/c1-18(26)24-12-14-25(15-13-24)20-8-10-21(11-9-20)27-16-22-17-28-23(2,29-22)19-6-4-3-5-7-19/h8-11,19,22H,3-7,12-17H2,1-2H3. The van der Waals surface area contributed by atoms with E-state index in [0.29, 0.717) is 19.1 Å². The molecular weight excluding hydrogens is 368 g/mol. The van der Waals surface area contributed by atoms with Crippen LogP contribution in [0.25, 0.3) is 0 Å². The van der Waals surface area contributed by atoms with Gasteiger partial charge in [0.1, 0.15) is 18.5 Å². The molecule has 2 heterocycles. The van der Waals surface area contributed by atoms with E-state index < -0.39 is 5.79 Å². The minimum absolute atomic E-state index is 0.0127. The predicted octanol–water partition coefficient (Wildman–Crippen LogP) is 3.45. The van der Waals surface area contributed by atoms with Gasteiger partial charge in [-0.3, -0.25) is 4.79 Å². The number of nitrogens with zero attached hydrogens (tertiary/aromatic N) is 2. The molecule has 0 aromatic heterocycles. The second-order valence-electron chi connectivity index (χ2n) is 8.70. The van der Waals surface area contributed by atoms with Crippen LogP contribution in [0.4, 0.5) is 5.69 Å². The van der Waals surface area contributed by atoms with E-state index in [-0.39, 0.29) is 12.0 Å². The van der Waals surface area contributed by atoms with Crippen LogP contribution in [0.1, 0.15) is 46.0 Å². The van der Waals surface area contributed by atoms with Crippen LogP contribution < -0.4 is 9.64 Å². The Kier molecular flexibility index (Phi) is 6.30. The second kappa shape index (κ2) is 8.92. The van der Waals surface area contributed by atoms with E-state index in [9.17, 15) is 4.79 Å². The molecule has 29 heavy (non-hydrogen) atoms. The normalized spacial score (nSPS) is 28.6. The monoisotopic (exact) mass is 402 g/mol. The summed E-state index contributed by atoms with van der Waals surface area (Å²) in [6, 6.07) is 8.22. The maximum absolute atomic E-state index is 11.5. The Labute approximate surface area is 174 Å². The molecule has 1 saturated carbocycles. The number of hydrogen-bond donors (Lipinski definition) is 0. The molecule has 6 heteroatoms. The van der Waals surface area contributed by atoms with E-state index in [1.54, 1.807) is 6.92 Å². The molecule has 0 bridgehead atoms. The van der Waals surface area contributed by atoms with E-state index in [2.05, 4.69) is 24.0 Å². The lowest BCUT2D eigenvalue weighted by molar-refractivity contribution is -0.199. The summed E-state index contributed by atoms with van der Waals surface area (Å²) in [7, 11) is 0. The summed E-state index contributed by atoms with van der Waals surface area (Å²) in [6.07, 6.45) is 6.29. The zero-order valence-corrected chi connectivity index (χ0v) is 17.8. The lowest BCUT2D eigenvalue weighted by Gasteiger charge is -2.35. The van der Waals surface area contributed by atoms with Gasteiger partial charge in [0.05, 0.1) is 6.61 Å². The van der Waals surface area contributed by atoms with Gasteiger partial charge in [-0.25, -0.2) is 0 Å². The van der Waals surface area contributed by atoms with Gasteiger partial charge < -0.3 is 24.0 Å². The highest BCUT2D eigenvalue weighted by atomic mass is 16.7. The highest BCUT2D eigenvalue weighted by molar-refractivity contribution is 5.73. The van der Waals surface area contributed by atoms with E-state index in [1.807, 2.05) is 17.0 Å². The van der Waals surface area contributed by atoms with E-state index in [0.717, 1.165) is 31.9 Å². The zero-order chi connectivity index (χ0) is 20.3. The van der Waals surface area contributed by atoms with Gasteiger partial charge in [0.2, 0.25) is 5.91 Å². The number of anilines is 1. The molecule has 1 aromatic rings. The first kappa shape index (κ1) is 20.5. The number of carbonyl (C=O) groups is 1. The zero-order valence-electron chi connectivity index (χ0n) is 17.8. The summed E-state index contributed by atoms with van der Waals surface area (Å²) in [4.78, 5) is 15.7. The first-order chi connectivity index (χ1) is 14.0. The minimum Gasteiger partial charge on any atom is -0.491 e. The van der Waals surface area contributed by atoms with Gasteiger partial charge in [0.15, 0.2) is 5.79 Å². The van der Waals surface area contributed by atoms with Gasteiger partial charge in [-0.1, -0.05) is 19.3 Å². The summed E-state index contributed by atoms with van der Waals surface area (Å²) >= 11 is 0. The molecule has 4 rings (SSSR count). The molecular formula is C23H34N2O4. The van der Waals surface area contributed by atoms with Crippen LogP contribution in [-0.2, 0) is 14.3 Å². The largest absolute Gasteiger partial charge is 0.491 e. The SMILES string of the molecule is CC(=O)N1CCN(c2ccc(OCC3COC(C)(C4CCCCC4)O3)cc2)CC1. The molecule has 1 amide bonds. The maximum Gasteiger partial charge on any atom is 0.219 e. The quantitative estimate of drug-likeness (QED) is 0.755. The van der Waals surface area contributed by atoms with Gasteiger partial charge in [0, 0.05) is 44.7 Å². The first-order valence-corrected chi connectivity index (χ1v) is 11.1. The fourth-order valence-electron chi connectivity index (χ4n) is 4.80. The first-order valence-electron chi connectivity index (χ1n) is 11.1.